The first-order valence-corrected chi connectivity index (χ1v) is 9.76. The van der Waals surface area contributed by atoms with Crippen molar-refractivity contribution in [3.8, 4) is 17.3 Å². The number of rotatable bonds is 5. The number of furan rings is 1. The van der Waals surface area contributed by atoms with Gasteiger partial charge in [-0.05, 0) is 42.3 Å². The summed E-state index contributed by atoms with van der Waals surface area (Å²) < 4.78 is 46.3. The van der Waals surface area contributed by atoms with Crippen LogP contribution in [0.5, 0.6) is 0 Å². The summed E-state index contributed by atoms with van der Waals surface area (Å²) >= 11 is 1.32. The summed E-state index contributed by atoms with van der Waals surface area (Å²) in [5.41, 5.74) is 1.80. The van der Waals surface area contributed by atoms with Gasteiger partial charge in [-0.2, -0.15) is 13.2 Å². The number of hydrogen-bond acceptors (Lipinski definition) is 4. The Bertz CT molecular complexity index is 1120. The molecular formula is C21H16F3N3OS. The van der Waals surface area contributed by atoms with Crippen LogP contribution in [0.1, 0.15) is 16.7 Å². The number of alkyl halides is 3. The SMILES string of the molecule is Cc1ccccc1-n1c(SCc2cccc(C(F)(F)F)c2)nnc1-c1ccco1. The van der Waals surface area contributed by atoms with E-state index in [1.54, 1.807) is 24.5 Å². The lowest BCUT2D eigenvalue weighted by atomic mass is 10.1. The van der Waals surface area contributed by atoms with Crippen molar-refractivity contribution in [1.82, 2.24) is 14.8 Å². The Morgan fingerprint density at radius 1 is 1.00 bits per heavy atom. The van der Waals surface area contributed by atoms with Crippen molar-refractivity contribution in [2.45, 2.75) is 24.0 Å². The lowest BCUT2D eigenvalue weighted by molar-refractivity contribution is -0.137. The highest BCUT2D eigenvalue weighted by atomic mass is 32.2. The summed E-state index contributed by atoms with van der Waals surface area (Å²) in [6, 6.07) is 16.6. The van der Waals surface area contributed by atoms with Gasteiger partial charge in [-0.25, -0.2) is 0 Å². The van der Waals surface area contributed by atoms with Crippen LogP contribution in [0.15, 0.2) is 76.5 Å². The molecule has 0 amide bonds. The number of benzene rings is 2. The highest BCUT2D eigenvalue weighted by Gasteiger charge is 2.30. The molecule has 4 aromatic rings. The van der Waals surface area contributed by atoms with E-state index in [1.165, 1.54) is 17.8 Å². The van der Waals surface area contributed by atoms with Crippen molar-refractivity contribution in [3.63, 3.8) is 0 Å². The zero-order valence-electron chi connectivity index (χ0n) is 15.3. The minimum Gasteiger partial charge on any atom is -0.461 e. The van der Waals surface area contributed by atoms with Gasteiger partial charge in [-0.3, -0.25) is 4.57 Å². The summed E-state index contributed by atoms with van der Waals surface area (Å²) in [5.74, 6) is 1.43. The first kappa shape index (κ1) is 19.3. The van der Waals surface area contributed by atoms with Crippen molar-refractivity contribution >= 4 is 11.8 Å². The minimum absolute atomic E-state index is 0.325. The summed E-state index contributed by atoms with van der Waals surface area (Å²) in [6.07, 6.45) is -2.81. The van der Waals surface area contributed by atoms with Crippen LogP contribution in [0.3, 0.4) is 0 Å². The van der Waals surface area contributed by atoms with Crippen LogP contribution >= 0.6 is 11.8 Å². The lowest BCUT2D eigenvalue weighted by Crippen LogP contribution is -2.05. The molecule has 0 saturated heterocycles. The molecule has 29 heavy (non-hydrogen) atoms. The first-order valence-electron chi connectivity index (χ1n) is 8.78. The molecular weight excluding hydrogens is 399 g/mol. The Morgan fingerprint density at radius 3 is 2.55 bits per heavy atom. The van der Waals surface area contributed by atoms with E-state index in [1.807, 2.05) is 35.8 Å². The normalized spacial score (nSPS) is 11.7. The Morgan fingerprint density at radius 2 is 1.83 bits per heavy atom. The van der Waals surface area contributed by atoms with Gasteiger partial charge < -0.3 is 4.42 Å². The summed E-state index contributed by atoms with van der Waals surface area (Å²) in [4.78, 5) is 0. The minimum atomic E-state index is -4.37. The molecule has 2 aromatic heterocycles. The predicted molar refractivity (Wildman–Crippen MR) is 105 cm³/mol. The van der Waals surface area contributed by atoms with E-state index in [0.717, 1.165) is 23.4 Å². The number of aryl methyl sites for hydroxylation is 1. The van der Waals surface area contributed by atoms with Gasteiger partial charge in [0.05, 0.1) is 17.5 Å². The maximum atomic E-state index is 13.0. The van der Waals surface area contributed by atoms with E-state index >= 15 is 0 Å². The first-order chi connectivity index (χ1) is 13.9. The number of thioether (sulfide) groups is 1. The Labute approximate surface area is 169 Å². The lowest BCUT2D eigenvalue weighted by Gasteiger charge is -2.12. The summed E-state index contributed by atoms with van der Waals surface area (Å²) in [6.45, 7) is 1.97. The van der Waals surface area contributed by atoms with Crippen molar-refractivity contribution in [2.24, 2.45) is 0 Å². The molecule has 148 valence electrons. The molecule has 4 rings (SSSR count). The summed E-state index contributed by atoms with van der Waals surface area (Å²) in [5, 5.41) is 9.11. The second kappa shape index (κ2) is 7.79. The second-order valence-corrected chi connectivity index (χ2v) is 7.33. The van der Waals surface area contributed by atoms with E-state index in [9.17, 15) is 13.2 Å². The topological polar surface area (TPSA) is 43.9 Å². The van der Waals surface area contributed by atoms with E-state index < -0.39 is 11.7 Å². The average molecular weight is 415 g/mol. The van der Waals surface area contributed by atoms with E-state index in [4.69, 9.17) is 4.42 Å². The van der Waals surface area contributed by atoms with Gasteiger partial charge in [0, 0.05) is 5.75 Å². The zero-order valence-corrected chi connectivity index (χ0v) is 16.2. The molecule has 4 nitrogen and oxygen atoms in total. The summed E-state index contributed by atoms with van der Waals surface area (Å²) in [7, 11) is 0. The third kappa shape index (κ3) is 4.07. The molecule has 0 N–H and O–H groups in total. The van der Waals surface area contributed by atoms with Crippen LogP contribution in [-0.2, 0) is 11.9 Å². The fourth-order valence-corrected chi connectivity index (χ4v) is 3.83. The smallest absolute Gasteiger partial charge is 0.416 e. The van der Waals surface area contributed by atoms with Crippen LogP contribution in [0.4, 0.5) is 13.2 Å². The van der Waals surface area contributed by atoms with Gasteiger partial charge in [-0.1, -0.05) is 48.2 Å². The molecule has 2 heterocycles. The molecule has 0 aliphatic rings. The Hall–Kier alpha value is -3.00. The molecule has 0 unspecified atom stereocenters. The van der Waals surface area contributed by atoms with Crippen LogP contribution < -0.4 is 0 Å². The number of nitrogens with zero attached hydrogens (tertiary/aromatic N) is 3. The van der Waals surface area contributed by atoms with Gasteiger partial charge in [-0.15, -0.1) is 10.2 Å². The predicted octanol–water partition coefficient (Wildman–Crippen LogP) is 6.15. The maximum absolute atomic E-state index is 13.0. The molecule has 8 heteroatoms. The van der Waals surface area contributed by atoms with Crippen molar-refractivity contribution < 1.29 is 17.6 Å². The highest BCUT2D eigenvalue weighted by Crippen LogP contribution is 2.33. The fourth-order valence-electron chi connectivity index (χ4n) is 2.95. The number of para-hydroxylation sites is 1. The monoisotopic (exact) mass is 415 g/mol. The third-order valence-corrected chi connectivity index (χ3v) is 5.35. The van der Waals surface area contributed by atoms with Crippen LogP contribution in [0.2, 0.25) is 0 Å². The Balaban J connectivity index is 1.69. The van der Waals surface area contributed by atoms with Crippen LogP contribution in [-0.4, -0.2) is 14.8 Å². The highest BCUT2D eigenvalue weighted by molar-refractivity contribution is 7.98. The van der Waals surface area contributed by atoms with Gasteiger partial charge in [0.15, 0.2) is 10.9 Å². The molecule has 2 aromatic carbocycles. The molecule has 0 bridgehead atoms. The molecule has 0 aliphatic carbocycles. The van der Waals surface area contributed by atoms with Crippen LogP contribution in [0.25, 0.3) is 17.3 Å². The molecule has 0 spiro atoms. The second-order valence-electron chi connectivity index (χ2n) is 6.39. The standard InChI is InChI=1S/C21H16F3N3OS/c1-14-6-2-3-9-17(14)27-19(18-10-5-11-28-18)25-26-20(27)29-13-15-7-4-8-16(12-15)21(22,23)24/h2-12H,13H2,1H3. The zero-order chi connectivity index (χ0) is 20.4. The van der Waals surface area contributed by atoms with Gasteiger partial charge in [0.1, 0.15) is 0 Å². The molecule has 0 atom stereocenters. The van der Waals surface area contributed by atoms with Gasteiger partial charge in [0.25, 0.3) is 0 Å². The van der Waals surface area contributed by atoms with Gasteiger partial charge in [0.2, 0.25) is 5.82 Å². The maximum Gasteiger partial charge on any atom is 0.416 e. The number of aromatic nitrogens is 3. The molecule has 0 radical (unpaired) electrons. The largest absolute Gasteiger partial charge is 0.461 e. The van der Waals surface area contributed by atoms with Crippen molar-refractivity contribution in [2.75, 3.05) is 0 Å². The molecule has 0 saturated carbocycles. The van der Waals surface area contributed by atoms with E-state index in [2.05, 4.69) is 10.2 Å². The van der Waals surface area contributed by atoms with E-state index in [0.29, 0.717) is 28.1 Å². The third-order valence-electron chi connectivity index (χ3n) is 4.35. The van der Waals surface area contributed by atoms with Crippen molar-refractivity contribution in [1.29, 1.82) is 0 Å². The van der Waals surface area contributed by atoms with Gasteiger partial charge >= 0.3 is 6.18 Å². The number of halogens is 3. The van der Waals surface area contributed by atoms with Crippen LogP contribution in [0, 0.1) is 6.92 Å². The van der Waals surface area contributed by atoms with Crippen molar-refractivity contribution in [3.05, 3.63) is 83.6 Å². The Kier molecular flexibility index (Phi) is 5.19. The van der Waals surface area contributed by atoms with E-state index in [-0.39, 0.29) is 0 Å². The average Bonchev–Trinajstić information content (AvgIpc) is 3.36. The fraction of sp³-hybridized carbons (Fsp3) is 0.143. The molecule has 0 aliphatic heterocycles. The number of hydrogen-bond donors (Lipinski definition) is 0. The molecule has 0 fully saturated rings. The quantitative estimate of drug-likeness (QED) is 0.367.